The van der Waals surface area contributed by atoms with Gasteiger partial charge in [0.25, 0.3) is 0 Å². The second-order valence-electron chi connectivity index (χ2n) is 6.29. The third kappa shape index (κ3) is 3.98. The van der Waals surface area contributed by atoms with E-state index in [-0.39, 0.29) is 5.97 Å². The summed E-state index contributed by atoms with van der Waals surface area (Å²) >= 11 is 3.64. The van der Waals surface area contributed by atoms with Crippen LogP contribution in [0, 0.1) is 0 Å². The van der Waals surface area contributed by atoms with Gasteiger partial charge in [0.05, 0.1) is 17.8 Å². The lowest BCUT2D eigenvalue weighted by Gasteiger charge is -2.09. The lowest BCUT2D eigenvalue weighted by Crippen LogP contribution is -2.01. The highest BCUT2D eigenvalue weighted by atomic mass is 79.9. The van der Waals surface area contributed by atoms with Crippen molar-refractivity contribution in [3.63, 3.8) is 0 Å². The third-order valence-electron chi connectivity index (χ3n) is 4.45. The highest BCUT2D eigenvalue weighted by Gasteiger charge is 2.15. The SMILES string of the molecule is CCOC(=O)/C=C/c1ccc(-c2cc3c(Br)cccc3n2-c2ncccn2)cc1. The van der Waals surface area contributed by atoms with E-state index >= 15 is 0 Å². The van der Waals surface area contributed by atoms with Crippen molar-refractivity contribution in [2.75, 3.05) is 6.61 Å². The van der Waals surface area contributed by atoms with Gasteiger partial charge in [-0.2, -0.15) is 0 Å². The molecule has 0 amide bonds. The van der Waals surface area contributed by atoms with E-state index in [1.807, 2.05) is 41.0 Å². The third-order valence-corrected chi connectivity index (χ3v) is 5.14. The Bertz CT molecular complexity index is 1180. The Morgan fingerprint density at radius 2 is 1.86 bits per heavy atom. The van der Waals surface area contributed by atoms with Crippen molar-refractivity contribution in [2.45, 2.75) is 6.92 Å². The minimum atomic E-state index is -0.345. The highest BCUT2D eigenvalue weighted by molar-refractivity contribution is 9.10. The van der Waals surface area contributed by atoms with Gasteiger partial charge in [0.2, 0.25) is 5.95 Å². The summed E-state index contributed by atoms with van der Waals surface area (Å²) in [5.41, 5.74) is 3.95. The number of nitrogens with zero attached hydrogens (tertiary/aromatic N) is 3. The maximum absolute atomic E-state index is 11.5. The Morgan fingerprint density at radius 3 is 2.59 bits per heavy atom. The number of rotatable bonds is 5. The molecule has 6 heteroatoms. The summed E-state index contributed by atoms with van der Waals surface area (Å²) in [6, 6.07) is 18.0. The first-order valence-corrected chi connectivity index (χ1v) is 9.99. The van der Waals surface area contributed by atoms with Crippen molar-refractivity contribution in [3.05, 3.63) is 83.1 Å². The molecule has 0 aliphatic carbocycles. The monoisotopic (exact) mass is 447 g/mol. The van der Waals surface area contributed by atoms with Crippen LogP contribution in [0.15, 0.2) is 77.5 Å². The van der Waals surface area contributed by atoms with Crippen molar-refractivity contribution >= 4 is 38.9 Å². The maximum atomic E-state index is 11.5. The molecule has 0 aliphatic heterocycles. The molecule has 2 aromatic heterocycles. The number of hydrogen-bond acceptors (Lipinski definition) is 4. The lowest BCUT2D eigenvalue weighted by molar-refractivity contribution is -0.137. The molecule has 0 spiro atoms. The van der Waals surface area contributed by atoms with E-state index in [4.69, 9.17) is 4.74 Å². The second-order valence-corrected chi connectivity index (χ2v) is 7.15. The summed E-state index contributed by atoms with van der Waals surface area (Å²) < 4.78 is 7.98. The number of benzene rings is 2. The molecule has 0 saturated heterocycles. The largest absolute Gasteiger partial charge is 0.463 e. The quantitative estimate of drug-likeness (QED) is 0.302. The predicted octanol–water partition coefficient (Wildman–Crippen LogP) is 5.43. The van der Waals surface area contributed by atoms with E-state index < -0.39 is 0 Å². The van der Waals surface area contributed by atoms with E-state index in [9.17, 15) is 4.79 Å². The van der Waals surface area contributed by atoms with Crippen LogP contribution in [0.4, 0.5) is 0 Å². The average Bonchev–Trinajstić information content (AvgIpc) is 3.14. The topological polar surface area (TPSA) is 57.0 Å². The number of carbonyl (C=O) groups is 1. The minimum absolute atomic E-state index is 0.345. The van der Waals surface area contributed by atoms with Crippen LogP contribution in [0.3, 0.4) is 0 Å². The normalized spacial score (nSPS) is 11.2. The Morgan fingerprint density at radius 1 is 1.10 bits per heavy atom. The Kier molecular flexibility index (Phi) is 5.53. The van der Waals surface area contributed by atoms with Crippen molar-refractivity contribution in [3.8, 4) is 17.2 Å². The summed E-state index contributed by atoms with van der Waals surface area (Å²) in [5.74, 6) is 0.268. The van der Waals surface area contributed by atoms with E-state index in [2.05, 4.69) is 38.0 Å². The van der Waals surface area contributed by atoms with Crippen molar-refractivity contribution in [1.29, 1.82) is 0 Å². The molecule has 0 radical (unpaired) electrons. The summed E-state index contributed by atoms with van der Waals surface area (Å²) in [5, 5.41) is 1.08. The zero-order chi connectivity index (χ0) is 20.2. The Balaban J connectivity index is 1.78. The molecular formula is C23H18BrN3O2. The fourth-order valence-electron chi connectivity index (χ4n) is 3.15. The van der Waals surface area contributed by atoms with Gasteiger partial charge in [-0.15, -0.1) is 0 Å². The molecule has 0 fully saturated rings. The van der Waals surface area contributed by atoms with Crippen LogP contribution in [-0.2, 0) is 9.53 Å². The number of ether oxygens (including phenoxy) is 1. The minimum Gasteiger partial charge on any atom is -0.463 e. The van der Waals surface area contributed by atoms with Gasteiger partial charge in [0, 0.05) is 28.3 Å². The van der Waals surface area contributed by atoms with Crippen LogP contribution in [0.25, 0.3) is 34.2 Å². The first-order valence-electron chi connectivity index (χ1n) is 9.20. The zero-order valence-corrected chi connectivity index (χ0v) is 17.3. The molecule has 29 heavy (non-hydrogen) atoms. The first kappa shape index (κ1) is 19.1. The molecule has 0 saturated carbocycles. The van der Waals surface area contributed by atoms with Gasteiger partial charge in [0.1, 0.15) is 0 Å². The average molecular weight is 448 g/mol. The molecular weight excluding hydrogens is 430 g/mol. The van der Waals surface area contributed by atoms with Crippen molar-refractivity contribution < 1.29 is 9.53 Å². The van der Waals surface area contributed by atoms with Gasteiger partial charge in [-0.25, -0.2) is 14.8 Å². The number of fused-ring (bicyclic) bond motifs is 1. The van der Waals surface area contributed by atoms with E-state index in [1.165, 1.54) is 6.08 Å². The van der Waals surface area contributed by atoms with Crippen molar-refractivity contribution in [1.82, 2.24) is 14.5 Å². The summed E-state index contributed by atoms with van der Waals surface area (Å²) in [4.78, 5) is 20.4. The molecule has 0 aliphatic rings. The van der Waals surface area contributed by atoms with Gasteiger partial charge in [-0.3, -0.25) is 4.57 Å². The van der Waals surface area contributed by atoms with Crippen molar-refractivity contribution in [2.24, 2.45) is 0 Å². The highest BCUT2D eigenvalue weighted by Crippen LogP contribution is 2.34. The van der Waals surface area contributed by atoms with E-state index in [0.29, 0.717) is 12.6 Å². The van der Waals surface area contributed by atoms with Crippen LogP contribution in [-0.4, -0.2) is 27.1 Å². The number of esters is 1. The molecule has 0 atom stereocenters. The molecule has 4 aromatic rings. The Labute approximate surface area is 176 Å². The fraction of sp³-hybridized carbons (Fsp3) is 0.0870. The van der Waals surface area contributed by atoms with E-state index in [1.54, 1.807) is 31.5 Å². The van der Waals surface area contributed by atoms with Gasteiger partial charge in [-0.1, -0.05) is 46.3 Å². The van der Waals surface area contributed by atoms with Crippen LogP contribution in [0.1, 0.15) is 12.5 Å². The number of carbonyl (C=O) groups excluding carboxylic acids is 1. The number of hydrogen-bond donors (Lipinski definition) is 0. The van der Waals surface area contributed by atoms with E-state index in [0.717, 1.165) is 32.2 Å². The lowest BCUT2D eigenvalue weighted by atomic mass is 10.1. The molecule has 5 nitrogen and oxygen atoms in total. The van der Waals surface area contributed by atoms with Crippen LogP contribution in [0.5, 0.6) is 0 Å². The number of aromatic nitrogens is 3. The van der Waals surface area contributed by atoms with Crippen LogP contribution < -0.4 is 0 Å². The van der Waals surface area contributed by atoms with Crippen LogP contribution in [0.2, 0.25) is 0 Å². The zero-order valence-electron chi connectivity index (χ0n) is 15.7. The summed E-state index contributed by atoms with van der Waals surface area (Å²) in [7, 11) is 0. The first-order chi connectivity index (χ1) is 14.2. The molecule has 0 bridgehead atoms. The summed E-state index contributed by atoms with van der Waals surface area (Å²) in [6.45, 7) is 2.15. The maximum Gasteiger partial charge on any atom is 0.330 e. The molecule has 144 valence electrons. The molecule has 0 N–H and O–H groups in total. The van der Waals surface area contributed by atoms with Gasteiger partial charge in [-0.05, 0) is 48.4 Å². The number of halogens is 1. The van der Waals surface area contributed by atoms with Gasteiger partial charge in [0.15, 0.2) is 0 Å². The standard InChI is InChI=1S/C23H18BrN3O2/c1-2-29-22(28)12-9-16-7-10-17(11-8-16)21-15-18-19(24)5-3-6-20(18)27(21)23-25-13-4-14-26-23/h3-15H,2H2,1H3/b12-9+. The van der Waals surface area contributed by atoms with Gasteiger partial charge < -0.3 is 4.74 Å². The molecule has 2 heterocycles. The smallest absolute Gasteiger partial charge is 0.330 e. The fourth-order valence-corrected chi connectivity index (χ4v) is 3.62. The van der Waals surface area contributed by atoms with Crippen LogP contribution >= 0.6 is 15.9 Å². The molecule has 4 rings (SSSR count). The van der Waals surface area contributed by atoms with Gasteiger partial charge >= 0.3 is 5.97 Å². The predicted molar refractivity (Wildman–Crippen MR) is 118 cm³/mol. The summed E-state index contributed by atoms with van der Waals surface area (Å²) in [6.07, 6.45) is 6.65. The Hall–Kier alpha value is -3.25. The molecule has 2 aromatic carbocycles. The second kappa shape index (κ2) is 8.41. The molecule has 0 unspecified atom stereocenters.